The quantitative estimate of drug-likeness (QED) is 0.654. The molecule has 124 valence electrons. The third-order valence-electron chi connectivity index (χ3n) is 3.52. The molecule has 1 aromatic carbocycles. The highest BCUT2D eigenvalue weighted by Crippen LogP contribution is 2.26. The second-order valence-corrected chi connectivity index (χ2v) is 5.35. The Labute approximate surface area is 134 Å². The fraction of sp³-hybridized carbons (Fsp3) is 0.412. The zero-order chi connectivity index (χ0) is 16.5. The number of carboxylic acid groups (broad SMARTS) is 1. The predicted octanol–water partition coefficient (Wildman–Crippen LogP) is 2.72. The largest absolute Gasteiger partial charge is 0.481 e. The maximum atomic E-state index is 11.0. The summed E-state index contributed by atoms with van der Waals surface area (Å²) in [5.74, 6) is -0.651. The predicted molar refractivity (Wildman–Crippen MR) is 82.8 cm³/mol. The summed E-state index contributed by atoms with van der Waals surface area (Å²) in [5.41, 5.74) is 1.52. The Morgan fingerprint density at radius 3 is 2.74 bits per heavy atom. The van der Waals surface area contributed by atoms with Crippen LogP contribution in [0.1, 0.15) is 42.2 Å². The highest BCUT2D eigenvalue weighted by Gasteiger charge is 2.20. The molecule has 0 spiro atoms. The Morgan fingerprint density at radius 1 is 1.30 bits per heavy atom. The van der Waals surface area contributed by atoms with Crippen LogP contribution in [0.3, 0.4) is 0 Å². The lowest BCUT2D eigenvalue weighted by atomic mass is 9.96. The molecule has 2 rings (SSSR count). The first-order valence-electron chi connectivity index (χ1n) is 7.59. The van der Waals surface area contributed by atoms with Crippen LogP contribution < -0.4 is 0 Å². The van der Waals surface area contributed by atoms with Crippen molar-refractivity contribution in [1.82, 2.24) is 5.16 Å². The van der Waals surface area contributed by atoms with Crippen molar-refractivity contribution >= 4 is 5.97 Å². The third-order valence-corrected chi connectivity index (χ3v) is 3.52. The Bertz CT molecular complexity index is 596. The molecule has 2 aromatic rings. The second-order valence-electron chi connectivity index (χ2n) is 5.35. The monoisotopic (exact) mass is 319 g/mol. The van der Waals surface area contributed by atoms with E-state index >= 15 is 0 Å². The van der Waals surface area contributed by atoms with Crippen LogP contribution in [0.2, 0.25) is 0 Å². The molecule has 23 heavy (non-hydrogen) atoms. The van der Waals surface area contributed by atoms with Gasteiger partial charge in [-0.15, -0.1) is 0 Å². The summed E-state index contributed by atoms with van der Waals surface area (Å²) >= 11 is 0. The molecular weight excluding hydrogens is 298 g/mol. The van der Waals surface area contributed by atoms with Crippen LogP contribution in [0.15, 0.2) is 40.9 Å². The van der Waals surface area contributed by atoms with Gasteiger partial charge in [0, 0.05) is 18.6 Å². The van der Waals surface area contributed by atoms with Gasteiger partial charge >= 0.3 is 5.97 Å². The average molecular weight is 319 g/mol. The minimum atomic E-state index is -0.887. The number of aromatic nitrogens is 1. The van der Waals surface area contributed by atoms with Gasteiger partial charge in [0.05, 0.1) is 19.6 Å². The van der Waals surface area contributed by atoms with Gasteiger partial charge in [0.1, 0.15) is 11.5 Å². The Morgan fingerprint density at radius 2 is 2.09 bits per heavy atom. The molecule has 0 aliphatic rings. The van der Waals surface area contributed by atoms with Crippen LogP contribution in [0, 0.1) is 0 Å². The molecule has 0 aliphatic heterocycles. The van der Waals surface area contributed by atoms with Gasteiger partial charge in [0.15, 0.2) is 0 Å². The van der Waals surface area contributed by atoms with E-state index in [9.17, 15) is 4.79 Å². The maximum absolute atomic E-state index is 11.0. The van der Waals surface area contributed by atoms with E-state index in [-0.39, 0.29) is 18.9 Å². The van der Waals surface area contributed by atoms with Crippen molar-refractivity contribution < 1.29 is 24.3 Å². The standard InChI is InChI=1S/C17H21NO5/c19-11-15-10-16(23-18-15)14(9-17(20)21)7-4-8-22-12-13-5-2-1-3-6-13/h1-3,5-6,10,14,19H,4,7-9,11-12H2,(H,20,21). The fourth-order valence-corrected chi connectivity index (χ4v) is 2.35. The molecule has 6 nitrogen and oxygen atoms in total. The van der Waals surface area contributed by atoms with E-state index in [4.69, 9.17) is 19.5 Å². The van der Waals surface area contributed by atoms with Gasteiger partial charge in [-0.05, 0) is 18.4 Å². The summed E-state index contributed by atoms with van der Waals surface area (Å²) in [6, 6.07) is 11.5. The lowest BCUT2D eigenvalue weighted by Crippen LogP contribution is -2.07. The minimum absolute atomic E-state index is 0.0290. The van der Waals surface area contributed by atoms with Gasteiger partial charge in [0.2, 0.25) is 0 Å². The number of aliphatic carboxylic acids is 1. The smallest absolute Gasteiger partial charge is 0.304 e. The first-order valence-corrected chi connectivity index (χ1v) is 7.59. The van der Waals surface area contributed by atoms with Gasteiger partial charge in [-0.1, -0.05) is 35.5 Å². The van der Waals surface area contributed by atoms with Gasteiger partial charge in [-0.2, -0.15) is 0 Å². The van der Waals surface area contributed by atoms with E-state index in [1.807, 2.05) is 30.3 Å². The molecule has 1 heterocycles. The number of nitrogens with zero attached hydrogens (tertiary/aromatic N) is 1. The molecule has 0 fully saturated rings. The number of aliphatic hydroxyl groups excluding tert-OH is 1. The van der Waals surface area contributed by atoms with E-state index in [1.54, 1.807) is 6.07 Å². The van der Waals surface area contributed by atoms with Crippen LogP contribution in [-0.4, -0.2) is 27.9 Å². The summed E-state index contributed by atoms with van der Waals surface area (Å²) < 4.78 is 10.7. The molecule has 1 aromatic heterocycles. The second kappa shape index (κ2) is 9.07. The summed E-state index contributed by atoms with van der Waals surface area (Å²) in [5, 5.41) is 21.7. The topological polar surface area (TPSA) is 92.8 Å². The zero-order valence-corrected chi connectivity index (χ0v) is 12.9. The molecule has 0 amide bonds. The number of carbonyl (C=O) groups is 1. The first-order chi connectivity index (χ1) is 11.2. The lowest BCUT2D eigenvalue weighted by Gasteiger charge is -2.11. The highest BCUT2D eigenvalue weighted by molar-refractivity contribution is 5.67. The molecule has 1 unspecified atom stereocenters. The van der Waals surface area contributed by atoms with Crippen LogP contribution in [0.25, 0.3) is 0 Å². The van der Waals surface area contributed by atoms with Crippen LogP contribution in [0.4, 0.5) is 0 Å². The molecule has 1 atom stereocenters. The van der Waals surface area contributed by atoms with Crippen molar-refractivity contribution in [3.05, 3.63) is 53.4 Å². The Kier molecular flexibility index (Phi) is 6.77. The van der Waals surface area contributed by atoms with E-state index in [1.165, 1.54) is 0 Å². The maximum Gasteiger partial charge on any atom is 0.304 e. The van der Waals surface area contributed by atoms with Crippen molar-refractivity contribution in [3.63, 3.8) is 0 Å². The van der Waals surface area contributed by atoms with Gasteiger partial charge in [-0.3, -0.25) is 4.79 Å². The van der Waals surface area contributed by atoms with Crippen molar-refractivity contribution in [3.8, 4) is 0 Å². The van der Waals surface area contributed by atoms with E-state index < -0.39 is 5.97 Å². The molecule has 0 radical (unpaired) electrons. The summed E-state index contributed by atoms with van der Waals surface area (Å²) in [4.78, 5) is 11.0. The first kappa shape index (κ1) is 17.2. The third kappa shape index (κ3) is 5.84. The Balaban J connectivity index is 1.78. The number of hydrogen-bond acceptors (Lipinski definition) is 5. The number of rotatable bonds is 10. The normalized spacial score (nSPS) is 12.2. The van der Waals surface area contributed by atoms with E-state index in [0.717, 1.165) is 12.0 Å². The number of carboxylic acids is 1. The molecule has 2 N–H and O–H groups in total. The van der Waals surface area contributed by atoms with Crippen molar-refractivity contribution in [2.24, 2.45) is 0 Å². The highest BCUT2D eigenvalue weighted by atomic mass is 16.5. The summed E-state index contributed by atoms with van der Waals surface area (Å²) in [6.45, 7) is 0.872. The molecule has 6 heteroatoms. The van der Waals surface area contributed by atoms with Gasteiger partial charge in [-0.25, -0.2) is 0 Å². The van der Waals surface area contributed by atoms with Crippen molar-refractivity contribution in [2.75, 3.05) is 6.61 Å². The molecule has 0 saturated heterocycles. The van der Waals surface area contributed by atoms with Crippen molar-refractivity contribution in [1.29, 1.82) is 0 Å². The molecule has 0 saturated carbocycles. The number of ether oxygens (including phenoxy) is 1. The molecule has 0 aliphatic carbocycles. The van der Waals surface area contributed by atoms with Crippen molar-refractivity contribution in [2.45, 2.75) is 38.4 Å². The summed E-state index contributed by atoms with van der Waals surface area (Å²) in [6.07, 6.45) is 1.32. The van der Waals surface area contributed by atoms with Gasteiger partial charge < -0.3 is 19.5 Å². The lowest BCUT2D eigenvalue weighted by molar-refractivity contribution is -0.137. The number of hydrogen-bond donors (Lipinski definition) is 2. The number of aliphatic hydroxyl groups is 1. The van der Waals surface area contributed by atoms with Crippen LogP contribution in [-0.2, 0) is 22.7 Å². The Hall–Kier alpha value is -2.18. The molecular formula is C17H21NO5. The van der Waals surface area contributed by atoms with E-state index in [0.29, 0.717) is 31.1 Å². The van der Waals surface area contributed by atoms with Gasteiger partial charge in [0.25, 0.3) is 0 Å². The fourth-order valence-electron chi connectivity index (χ4n) is 2.35. The van der Waals surface area contributed by atoms with E-state index in [2.05, 4.69) is 5.16 Å². The number of benzene rings is 1. The average Bonchev–Trinajstić information content (AvgIpc) is 3.03. The van der Waals surface area contributed by atoms with Crippen LogP contribution >= 0.6 is 0 Å². The zero-order valence-electron chi connectivity index (χ0n) is 12.9. The van der Waals surface area contributed by atoms with Crippen LogP contribution in [0.5, 0.6) is 0 Å². The summed E-state index contributed by atoms with van der Waals surface area (Å²) in [7, 11) is 0. The SMILES string of the molecule is O=C(O)CC(CCCOCc1ccccc1)c1cc(CO)no1. The molecule has 0 bridgehead atoms. The minimum Gasteiger partial charge on any atom is -0.481 e.